The van der Waals surface area contributed by atoms with Gasteiger partial charge in [0, 0.05) is 25.7 Å². The third-order valence-electron chi connectivity index (χ3n) is 3.39. The van der Waals surface area contributed by atoms with Gasteiger partial charge in [0.25, 0.3) is 0 Å². The lowest BCUT2D eigenvalue weighted by Crippen LogP contribution is -2.40. The first-order chi connectivity index (χ1) is 6.60. The van der Waals surface area contributed by atoms with Crippen molar-refractivity contribution < 1.29 is 4.79 Å². The first kappa shape index (κ1) is 9.93. The van der Waals surface area contributed by atoms with Crippen LogP contribution in [-0.4, -0.2) is 43.0 Å². The Hall–Kier alpha value is -0.610. The summed E-state index contributed by atoms with van der Waals surface area (Å²) in [5, 5.41) is 2.90. The third-order valence-corrected chi connectivity index (χ3v) is 3.39. The van der Waals surface area contributed by atoms with Crippen molar-refractivity contribution in [1.82, 2.24) is 10.2 Å². The topological polar surface area (TPSA) is 58.4 Å². The molecule has 2 aliphatic heterocycles. The molecule has 2 fully saturated rings. The molecule has 3 N–H and O–H groups in total. The van der Waals surface area contributed by atoms with E-state index in [-0.39, 0.29) is 11.3 Å². The van der Waals surface area contributed by atoms with Gasteiger partial charge in [-0.1, -0.05) is 0 Å². The molecule has 0 aromatic rings. The smallest absolute Gasteiger partial charge is 0.227 e. The number of carbonyl (C=O) groups is 1. The molecular formula is C10H19N3O. The SMILES string of the molecule is CC1(CN2CC[C@H](N)C2)CCNC1=O. The Morgan fingerprint density at radius 3 is 3.00 bits per heavy atom. The van der Waals surface area contributed by atoms with E-state index >= 15 is 0 Å². The van der Waals surface area contributed by atoms with Gasteiger partial charge < -0.3 is 16.0 Å². The standard InChI is InChI=1S/C10H19N3O/c1-10(3-4-12-9(10)14)7-13-5-2-8(11)6-13/h8H,2-7,11H2,1H3,(H,12,14)/t8-,10?/m0/s1. The van der Waals surface area contributed by atoms with Crippen LogP contribution in [-0.2, 0) is 4.79 Å². The fraction of sp³-hybridized carbons (Fsp3) is 0.900. The highest BCUT2D eigenvalue weighted by Gasteiger charge is 2.39. The van der Waals surface area contributed by atoms with Crippen molar-refractivity contribution >= 4 is 5.91 Å². The number of amides is 1. The number of nitrogens with one attached hydrogen (secondary N) is 1. The molecule has 0 radical (unpaired) electrons. The number of nitrogens with zero attached hydrogens (tertiary/aromatic N) is 1. The Bertz CT molecular complexity index is 244. The van der Waals surface area contributed by atoms with Crippen LogP contribution in [0.2, 0.25) is 0 Å². The van der Waals surface area contributed by atoms with Crippen LogP contribution in [0.5, 0.6) is 0 Å². The fourth-order valence-corrected chi connectivity index (χ4v) is 2.43. The van der Waals surface area contributed by atoms with Gasteiger partial charge in [-0.25, -0.2) is 0 Å². The Kier molecular flexibility index (Phi) is 2.49. The predicted octanol–water partition coefficient (Wildman–Crippen LogP) is -0.454. The van der Waals surface area contributed by atoms with E-state index in [9.17, 15) is 4.79 Å². The van der Waals surface area contributed by atoms with Crippen LogP contribution in [0.15, 0.2) is 0 Å². The molecule has 80 valence electrons. The molecule has 2 atom stereocenters. The quantitative estimate of drug-likeness (QED) is 0.630. The second-order valence-corrected chi connectivity index (χ2v) is 4.85. The van der Waals surface area contributed by atoms with Gasteiger partial charge in [-0.15, -0.1) is 0 Å². The molecule has 0 spiro atoms. The maximum atomic E-state index is 11.6. The second kappa shape index (κ2) is 3.51. The highest BCUT2D eigenvalue weighted by atomic mass is 16.2. The molecule has 14 heavy (non-hydrogen) atoms. The van der Waals surface area contributed by atoms with Crippen molar-refractivity contribution in [3.8, 4) is 0 Å². The van der Waals surface area contributed by atoms with E-state index in [1.807, 2.05) is 0 Å². The second-order valence-electron chi connectivity index (χ2n) is 4.85. The van der Waals surface area contributed by atoms with E-state index in [4.69, 9.17) is 5.73 Å². The van der Waals surface area contributed by atoms with Crippen molar-refractivity contribution in [3.63, 3.8) is 0 Å². The van der Waals surface area contributed by atoms with Gasteiger partial charge >= 0.3 is 0 Å². The minimum atomic E-state index is -0.177. The van der Waals surface area contributed by atoms with Gasteiger partial charge in [0.1, 0.15) is 0 Å². The van der Waals surface area contributed by atoms with Gasteiger partial charge in [-0.2, -0.15) is 0 Å². The zero-order chi connectivity index (χ0) is 10.2. The summed E-state index contributed by atoms with van der Waals surface area (Å²) in [5.74, 6) is 0.206. The Morgan fingerprint density at radius 2 is 2.50 bits per heavy atom. The Balaban J connectivity index is 1.93. The highest BCUT2D eigenvalue weighted by molar-refractivity contribution is 5.84. The summed E-state index contributed by atoms with van der Waals surface area (Å²) < 4.78 is 0. The molecule has 0 aromatic heterocycles. The molecule has 2 heterocycles. The van der Waals surface area contributed by atoms with Gasteiger partial charge in [-0.05, 0) is 26.3 Å². The summed E-state index contributed by atoms with van der Waals surface area (Å²) in [6.45, 7) is 5.74. The molecule has 2 saturated heterocycles. The fourth-order valence-electron chi connectivity index (χ4n) is 2.43. The first-order valence-corrected chi connectivity index (χ1v) is 5.36. The van der Waals surface area contributed by atoms with Crippen LogP contribution in [0.25, 0.3) is 0 Å². The lowest BCUT2D eigenvalue weighted by atomic mass is 9.88. The van der Waals surface area contributed by atoms with E-state index < -0.39 is 0 Å². The van der Waals surface area contributed by atoms with Gasteiger partial charge in [0.2, 0.25) is 5.91 Å². The molecule has 1 amide bonds. The first-order valence-electron chi connectivity index (χ1n) is 5.36. The van der Waals surface area contributed by atoms with Crippen LogP contribution in [0.4, 0.5) is 0 Å². The van der Waals surface area contributed by atoms with Crippen molar-refractivity contribution in [2.45, 2.75) is 25.8 Å². The van der Waals surface area contributed by atoms with E-state index in [0.29, 0.717) is 6.04 Å². The molecule has 2 rings (SSSR count). The van der Waals surface area contributed by atoms with Gasteiger partial charge in [-0.3, -0.25) is 4.79 Å². The van der Waals surface area contributed by atoms with Crippen LogP contribution >= 0.6 is 0 Å². The molecule has 1 unspecified atom stereocenters. The lowest BCUT2D eigenvalue weighted by Gasteiger charge is -2.26. The van der Waals surface area contributed by atoms with Crippen molar-refractivity contribution in [2.24, 2.45) is 11.1 Å². The summed E-state index contributed by atoms with van der Waals surface area (Å²) in [7, 11) is 0. The van der Waals surface area contributed by atoms with Crippen LogP contribution in [0.1, 0.15) is 19.8 Å². The zero-order valence-corrected chi connectivity index (χ0v) is 8.75. The summed E-state index contributed by atoms with van der Waals surface area (Å²) in [5.41, 5.74) is 5.66. The minimum absolute atomic E-state index is 0.177. The maximum Gasteiger partial charge on any atom is 0.227 e. The third kappa shape index (κ3) is 1.77. The highest BCUT2D eigenvalue weighted by Crippen LogP contribution is 2.28. The van der Waals surface area contributed by atoms with Crippen molar-refractivity contribution in [1.29, 1.82) is 0 Å². The van der Waals surface area contributed by atoms with Gasteiger partial charge in [0.15, 0.2) is 0 Å². The summed E-state index contributed by atoms with van der Waals surface area (Å²) in [4.78, 5) is 13.9. The number of hydrogen-bond acceptors (Lipinski definition) is 3. The van der Waals surface area contributed by atoms with E-state index in [2.05, 4.69) is 17.1 Å². The minimum Gasteiger partial charge on any atom is -0.356 e. The lowest BCUT2D eigenvalue weighted by molar-refractivity contribution is -0.127. The van der Waals surface area contributed by atoms with E-state index in [1.165, 1.54) is 0 Å². The Morgan fingerprint density at radius 1 is 1.71 bits per heavy atom. The molecule has 0 aliphatic carbocycles. The normalized spacial score (nSPS) is 39.0. The van der Waals surface area contributed by atoms with Crippen molar-refractivity contribution in [2.75, 3.05) is 26.2 Å². The number of hydrogen-bond donors (Lipinski definition) is 2. The Labute approximate surface area is 84.8 Å². The molecule has 0 saturated carbocycles. The molecular weight excluding hydrogens is 178 g/mol. The molecule has 4 nitrogen and oxygen atoms in total. The maximum absolute atomic E-state index is 11.6. The van der Waals surface area contributed by atoms with Crippen LogP contribution in [0.3, 0.4) is 0 Å². The zero-order valence-electron chi connectivity index (χ0n) is 8.75. The summed E-state index contributed by atoms with van der Waals surface area (Å²) in [6.07, 6.45) is 2.02. The van der Waals surface area contributed by atoms with Gasteiger partial charge in [0.05, 0.1) is 5.41 Å². The summed E-state index contributed by atoms with van der Waals surface area (Å²) >= 11 is 0. The van der Waals surface area contributed by atoms with E-state index in [1.54, 1.807) is 0 Å². The van der Waals surface area contributed by atoms with Crippen molar-refractivity contribution in [3.05, 3.63) is 0 Å². The molecule has 2 aliphatic rings. The number of nitrogens with two attached hydrogens (primary N) is 1. The van der Waals surface area contributed by atoms with Crippen LogP contribution in [0, 0.1) is 5.41 Å². The molecule has 0 bridgehead atoms. The number of carbonyl (C=O) groups excluding carboxylic acids is 1. The number of rotatable bonds is 2. The largest absolute Gasteiger partial charge is 0.356 e. The molecule has 4 heteroatoms. The van der Waals surface area contributed by atoms with E-state index in [0.717, 1.165) is 39.0 Å². The van der Waals surface area contributed by atoms with Crippen LogP contribution < -0.4 is 11.1 Å². The summed E-state index contributed by atoms with van der Waals surface area (Å²) in [6, 6.07) is 0.308. The predicted molar refractivity (Wildman–Crippen MR) is 54.8 cm³/mol. The average molecular weight is 197 g/mol. The number of likely N-dealkylation sites (tertiary alicyclic amines) is 1. The average Bonchev–Trinajstić information content (AvgIpc) is 2.62. The molecule has 0 aromatic carbocycles. The monoisotopic (exact) mass is 197 g/mol.